The minimum absolute atomic E-state index is 0.00431. The number of carbonyl (C=O) groups excluding carboxylic acids is 2. The van der Waals surface area contributed by atoms with E-state index in [1.807, 2.05) is 6.07 Å². The van der Waals surface area contributed by atoms with Gasteiger partial charge in [0.2, 0.25) is 11.8 Å². The van der Waals surface area contributed by atoms with Gasteiger partial charge in [0.15, 0.2) is 9.84 Å². The van der Waals surface area contributed by atoms with Crippen LogP contribution in [0, 0.1) is 11.5 Å². The van der Waals surface area contributed by atoms with Crippen LogP contribution in [-0.4, -0.2) is 34.6 Å². The number of benzene rings is 3. The number of amides is 2. The van der Waals surface area contributed by atoms with Crippen LogP contribution in [0.4, 0.5) is 5.69 Å². The zero-order valence-electron chi connectivity index (χ0n) is 22.4. The van der Waals surface area contributed by atoms with E-state index in [0.29, 0.717) is 38.0 Å². The molecule has 3 unspecified atom stereocenters. The molecule has 3 atom stereocenters. The number of hydrogen-bond donors (Lipinski definition) is 2. The highest BCUT2D eigenvalue weighted by Crippen LogP contribution is 2.58. The highest BCUT2D eigenvalue weighted by atomic mass is 35.5. The monoisotopic (exact) mass is 610 g/mol. The Kier molecular flexibility index (Phi) is 7.16. The largest absolute Gasteiger partial charge is 0.348 e. The Bertz CT molecular complexity index is 1740. The van der Waals surface area contributed by atoms with Gasteiger partial charge >= 0.3 is 0 Å². The molecule has 0 aromatic heterocycles. The summed E-state index contributed by atoms with van der Waals surface area (Å²) in [6.45, 7) is 6.34. The van der Waals surface area contributed by atoms with Crippen LogP contribution in [0.15, 0.2) is 65.6 Å². The fraction of sp³-hybridized carbons (Fsp3) is 0.267. The summed E-state index contributed by atoms with van der Waals surface area (Å²) in [5.74, 6) is 1.86. The van der Waals surface area contributed by atoms with E-state index in [-0.39, 0.29) is 23.1 Å². The lowest BCUT2D eigenvalue weighted by atomic mass is 9.59. The summed E-state index contributed by atoms with van der Waals surface area (Å²) < 4.78 is 26.2. The van der Waals surface area contributed by atoms with Gasteiger partial charge in [-0.1, -0.05) is 67.0 Å². The van der Waals surface area contributed by atoms with Crippen LogP contribution in [0.3, 0.4) is 0 Å². The number of nitrogens with one attached hydrogen (secondary N) is 2. The molecule has 1 saturated heterocycles. The van der Waals surface area contributed by atoms with Gasteiger partial charge < -0.3 is 10.6 Å². The first-order valence-corrected chi connectivity index (χ1v) is 18.9. The molecule has 2 amide bonds. The second kappa shape index (κ2) is 10.1. The van der Waals surface area contributed by atoms with Crippen molar-refractivity contribution in [2.75, 3.05) is 11.6 Å². The smallest absolute Gasteiger partial charge is 0.238 e. The Morgan fingerprint density at radius 2 is 1.70 bits per heavy atom. The summed E-state index contributed by atoms with van der Waals surface area (Å²) in [5.41, 5.74) is 4.66. The molecular formula is C30H28Cl2N2O4SSi. The van der Waals surface area contributed by atoms with Gasteiger partial charge in [0.25, 0.3) is 0 Å². The minimum Gasteiger partial charge on any atom is -0.348 e. The molecule has 5 rings (SSSR count). The summed E-state index contributed by atoms with van der Waals surface area (Å²) in [7, 11) is -5.51. The molecule has 0 aliphatic carbocycles. The Hall–Kier alpha value is -3.09. The quantitative estimate of drug-likeness (QED) is 0.287. The molecule has 1 spiro atoms. The molecule has 0 bridgehead atoms. The second-order valence-electron chi connectivity index (χ2n) is 11.4. The number of hydrogen-bond acceptors (Lipinski definition) is 4. The summed E-state index contributed by atoms with van der Waals surface area (Å²) in [5, 5.41) is 6.87. The summed E-state index contributed by atoms with van der Waals surface area (Å²) in [6, 6.07) is 16.1. The van der Waals surface area contributed by atoms with E-state index in [1.165, 1.54) is 6.07 Å². The van der Waals surface area contributed by atoms with Gasteiger partial charge in [-0.2, -0.15) is 0 Å². The number of fused-ring (bicyclic) bond motifs is 2. The highest BCUT2D eigenvalue weighted by Gasteiger charge is 2.61. The predicted octanol–water partition coefficient (Wildman–Crippen LogP) is 5.86. The Balaban J connectivity index is 1.85. The van der Waals surface area contributed by atoms with Gasteiger partial charge in [-0.05, 0) is 59.2 Å². The molecule has 3 aromatic rings. The van der Waals surface area contributed by atoms with E-state index in [9.17, 15) is 18.0 Å². The molecule has 206 valence electrons. The van der Waals surface area contributed by atoms with Crippen molar-refractivity contribution in [3.8, 4) is 11.5 Å². The van der Waals surface area contributed by atoms with Crippen molar-refractivity contribution in [1.82, 2.24) is 5.32 Å². The Morgan fingerprint density at radius 3 is 2.38 bits per heavy atom. The zero-order chi connectivity index (χ0) is 29.0. The maximum atomic E-state index is 14.3. The van der Waals surface area contributed by atoms with Crippen molar-refractivity contribution >= 4 is 58.6 Å². The molecule has 1 fully saturated rings. The van der Waals surface area contributed by atoms with E-state index in [4.69, 9.17) is 23.2 Å². The number of rotatable bonds is 3. The third kappa shape index (κ3) is 5.08. The van der Waals surface area contributed by atoms with Crippen molar-refractivity contribution in [2.45, 2.75) is 48.3 Å². The van der Waals surface area contributed by atoms with Crippen LogP contribution in [0.5, 0.6) is 0 Å². The number of anilines is 1. The highest BCUT2D eigenvalue weighted by molar-refractivity contribution is 7.90. The third-order valence-corrected chi connectivity index (χ3v) is 9.82. The minimum atomic E-state index is -3.76. The lowest BCUT2D eigenvalue weighted by molar-refractivity contribution is -0.131. The van der Waals surface area contributed by atoms with Gasteiger partial charge in [0.1, 0.15) is 13.5 Å². The molecule has 10 heteroatoms. The van der Waals surface area contributed by atoms with Gasteiger partial charge in [0.05, 0.1) is 10.9 Å². The van der Waals surface area contributed by atoms with Crippen LogP contribution in [0.2, 0.25) is 29.7 Å². The van der Waals surface area contributed by atoms with E-state index in [0.717, 1.165) is 6.26 Å². The van der Waals surface area contributed by atoms with Crippen molar-refractivity contribution in [3.63, 3.8) is 0 Å². The van der Waals surface area contributed by atoms with E-state index < -0.39 is 35.3 Å². The summed E-state index contributed by atoms with van der Waals surface area (Å²) in [6.07, 6.45) is 1.11. The Labute approximate surface area is 245 Å². The molecule has 6 nitrogen and oxygen atoms in total. The SMILES string of the molecule is C[Si](C)(C)C#Cc1ccc(S(C)(=O)=O)c(C2NC(=O)CC(c3cccc(Cl)c3)C23C(=O)Nc2cc(Cl)ccc23)c1. The van der Waals surface area contributed by atoms with Crippen molar-refractivity contribution < 1.29 is 18.0 Å². The average Bonchev–Trinajstić information content (AvgIpc) is 3.13. The lowest BCUT2D eigenvalue weighted by Crippen LogP contribution is -2.57. The first kappa shape index (κ1) is 28.4. The average molecular weight is 612 g/mol. The van der Waals surface area contributed by atoms with Crippen LogP contribution < -0.4 is 10.6 Å². The number of piperidine rings is 1. The van der Waals surface area contributed by atoms with Crippen LogP contribution in [0.25, 0.3) is 0 Å². The van der Waals surface area contributed by atoms with Crippen molar-refractivity contribution in [1.29, 1.82) is 0 Å². The van der Waals surface area contributed by atoms with E-state index in [1.54, 1.807) is 48.5 Å². The van der Waals surface area contributed by atoms with Gasteiger partial charge in [0, 0.05) is 39.9 Å². The van der Waals surface area contributed by atoms with Gasteiger partial charge in [-0.3, -0.25) is 9.59 Å². The maximum Gasteiger partial charge on any atom is 0.238 e. The van der Waals surface area contributed by atoms with E-state index in [2.05, 4.69) is 41.7 Å². The number of halogens is 2. The van der Waals surface area contributed by atoms with Crippen molar-refractivity contribution in [2.24, 2.45) is 0 Å². The molecule has 2 heterocycles. The molecule has 2 aliphatic rings. The van der Waals surface area contributed by atoms with Gasteiger partial charge in [-0.25, -0.2) is 8.42 Å². The fourth-order valence-corrected chi connectivity index (χ4v) is 7.53. The number of sulfone groups is 1. The summed E-state index contributed by atoms with van der Waals surface area (Å²) in [4.78, 5) is 27.7. The molecule has 40 heavy (non-hydrogen) atoms. The third-order valence-electron chi connectivity index (χ3n) is 7.30. The molecule has 0 radical (unpaired) electrons. The predicted molar refractivity (Wildman–Crippen MR) is 161 cm³/mol. The normalized spacial score (nSPS) is 22.2. The maximum absolute atomic E-state index is 14.3. The lowest BCUT2D eigenvalue weighted by Gasteiger charge is -2.46. The molecule has 0 saturated carbocycles. The first-order valence-electron chi connectivity index (χ1n) is 12.7. The van der Waals surface area contributed by atoms with Gasteiger partial charge in [-0.15, -0.1) is 5.54 Å². The molecule has 3 aromatic carbocycles. The molecular weight excluding hydrogens is 583 g/mol. The molecule has 2 aliphatic heterocycles. The van der Waals surface area contributed by atoms with Crippen LogP contribution in [-0.2, 0) is 24.8 Å². The van der Waals surface area contributed by atoms with Crippen LogP contribution >= 0.6 is 23.2 Å². The van der Waals surface area contributed by atoms with Crippen LogP contribution in [0.1, 0.15) is 40.6 Å². The first-order chi connectivity index (χ1) is 18.7. The van der Waals surface area contributed by atoms with E-state index >= 15 is 0 Å². The summed E-state index contributed by atoms with van der Waals surface area (Å²) >= 11 is 12.7. The fourth-order valence-electron chi connectivity index (χ4n) is 5.72. The molecule has 2 N–H and O–H groups in total. The second-order valence-corrected chi connectivity index (χ2v) is 19.0. The zero-order valence-corrected chi connectivity index (χ0v) is 25.8. The standard InChI is InChI=1S/C30H28Cl2N2O4SSi/c1-39(37,38)26-11-8-18(12-13-40(2,3)4)14-22(26)28-30(23-10-9-21(32)16-25(23)33-29(30)36)24(17-27(35)34-28)19-6-5-7-20(31)15-19/h5-11,14-16,24,28H,17H2,1-4H3,(H,33,36)(H,34,35). The number of carbonyl (C=O) groups is 2. The van der Waals surface area contributed by atoms with Crippen molar-refractivity contribution in [3.05, 3.63) is 93.0 Å². The Morgan fingerprint density at radius 1 is 0.975 bits per heavy atom. The topological polar surface area (TPSA) is 92.3 Å².